The smallest absolute Gasteiger partial charge is 0.262 e. The topological polar surface area (TPSA) is 87.9 Å². The summed E-state index contributed by atoms with van der Waals surface area (Å²) in [6.07, 6.45) is 4.75. The number of piperazine rings is 1. The van der Waals surface area contributed by atoms with Crippen LogP contribution in [0, 0.1) is 12.7 Å². The predicted molar refractivity (Wildman–Crippen MR) is 118 cm³/mol. The lowest BCUT2D eigenvalue weighted by Gasteiger charge is -2.32. The minimum Gasteiger partial charge on any atom is -0.477 e. The van der Waals surface area contributed by atoms with Gasteiger partial charge >= 0.3 is 0 Å². The van der Waals surface area contributed by atoms with E-state index in [0.29, 0.717) is 23.9 Å². The number of anilines is 2. The van der Waals surface area contributed by atoms with Gasteiger partial charge in [-0.15, -0.1) is 12.4 Å². The predicted octanol–water partition coefficient (Wildman–Crippen LogP) is 2.40. The summed E-state index contributed by atoms with van der Waals surface area (Å²) in [5, 5.41) is 2.70. The van der Waals surface area contributed by atoms with E-state index in [1.165, 1.54) is 16.7 Å². The Kier molecular flexibility index (Phi) is 6.91. The molecule has 0 aromatic carbocycles. The summed E-state index contributed by atoms with van der Waals surface area (Å²) in [6.45, 7) is 7.39. The maximum atomic E-state index is 14.3. The molecule has 1 aliphatic heterocycles. The Morgan fingerprint density at radius 1 is 1.23 bits per heavy atom. The largest absolute Gasteiger partial charge is 0.477 e. The number of imidazole rings is 1. The van der Waals surface area contributed by atoms with Crippen molar-refractivity contribution in [2.24, 2.45) is 0 Å². The third kappa shape index (κ3) is 4.86. The number of halogens is 2. The molecule has 31 heavy (non-hydrogen) atoms. The number of pyridine rings is 1. The van der Waals surface area contributed by atoms with Gasteiger partial charge in [-0.25, -0.2) is 14.4 Å². The maximum absolute atomic E-state index is 14.3. The van der Waals surface area contributed by atoms with Crippen LogP contribution in [0.4, 0.5) is 16.0 Å². The van der Waals surface area contributed by atoms with Gasteiger partial charge in [0.25, 0.3) is 5.91 Å². The Morgan fingerprint density at radius 3 is 2.68 bits per heavy atom. The van der Waals surface area contributed by atoms with Gasteiger partial charge < -0.3 is 24.3 Å². The van der Waals surface area contributed by atoms with E-state index in [0.717, 1.165) is 26.2 Å². The highest BCUT2D eigenvalue weighted by atomic mass is 35.5. The number of aryl methyl sites for hydroxylation is 1. The molecule has 0 unspecified atom stereocenters. The van der Waals surface area contributed by atoms with Crippen molar-refractivity contribution in [2.75, 3.05) is 50.1 Å². The fraction of sp³-hybridized carbons (Fsp3) is 0.400. The summed E-state index contributed by atoms with van der Waals surface area (Å²) >= 11 is 0. The van der Waals surface area contributed by atoms with Crippen LogP contribution in [0.25, 0.3) is 5.65 Å². The lowest BCUT2D eigenvalue weighted by atomic mass is 10.3. The average molecular weight is 450 g/mol. The summed E-state index contributed by atoms with van der Waals surface area (Å²) in [4.78, 5) is 30.1. The van der Waals surface area contributed by atoms with Crippen LogP contribution in [-0.4, -0.2) is 70.0 Å². The number of amides is 1. The molecule has 11 heteroatoms. The van der Waals surface area contributed by atoms with Gasteiger partial charge in [-0.1, -0.05) is 0 Å². The molecular weight excluding hydrogens is 425 g/mol. The second-order valence-corrected chi connectivity index (χ2v) is 7.26. The molecule has 0 radical (unpaired) electrons. The van der Waals surface area contributed by atoms with E-state index in [9.17, 15) is 9.18 Å². The van der Waals surface area contributed by atoms with Crippen LogP contribution < -0.4 is 15.0 Å². The minimum absolute atomic E-state index is 0. The van der Waals surface area contributed by atoms with Crippen LogP contribution in [0.5, 0.6) is 5.88 Å². The van der Waals surface area contributed by atoms with E-state index in [-0.39, 0.29) is 29.5 Å². The number of ether oxygens (including phenoxy) is 1. The van der Waals surface area contributed by atoms with E-state index in [1.807, 2.05) is 6.92 Å². The molecule has 1 amide bonds. The van der Waals surface area contributed by atoms with Crippen molar-refractivity contribution < 1.29 is 13.9 Å². The number of rotatable bonds is 5. The average Bonchev–Trinajstić information content (AvgIpc) is 3.09. The molecule has 0 aliphatic carbocycles. The number of nitrogens with one attached hydrogen (secondary N) is 1. The van der Waals surface area contributed by atoms with Crippen LogP contribution in [-0.2, 0) is 0 Å². The van der Waals surface area contributed by atoms with Crippen LogP contribution in [0.15, 0.2) is 24.7 Å². The molecule has 4 heterocycles. The normalized spacial score (nSPS) is 14.4. The van der Waals surface area contributed by atoms with Crippen LogP contribution >= 0.6 is 12.4 Å². The zero-order chi connectivity index (χ0) is 21.3. The fourth-order valence-corrected chi connectivity index (χ4v) is 3.36. The quantitative estimate of drug-likeness (QED) is 0.639. The maximum Gasteiger partial charge on any atom is 0.262 e. The van der Waals surface area contributed by atoms with Crippen LogP contribution in [0.1, 0.15) is 23.0 Å². The van der Waals surface area contributed by atoms with Crippen molar-refractivity contribution in [3.8, 4) is 5.88 Å². The van der Waals surface area contributed by atoms with E-state index >= 15 is 0 Å². The zero-order valence-corrected chi connectivity index (χ0v) is 18.4. The monoisotopic (exact) mass is 449 g/mol. The van der Waals surface area contributed by atoms with E-state index in [2.05, 4.69) is 37.1 Å². The van der Waals surface area contributed by atoms with Crippen molar-refractivity contribution in [3.05, 3.63) is 41.7 Å². The Morgan fingerprint density at radius 2 is 1.97 bits per heavy atom. The van der Waals surface area contributed by atoms with Gasteiger partial charge in [-0.3, -0.25) is 4.79 Å². The highest BCUT2D eigenvalue weighted by Gasteiger charge is 2.21. The first-order valence-electron chi connectivity index (χ1n) is 9.84. The Hall–Kier alpha value is -2.98. The fourth-order valence-electron chi connectivity index (χ4n) is 3.36. The molecule has 3 aromatic rings. The molecule has 166 valence electrons. The van der Waals surface area contributed by atoms with Crippen molar-refractivity contribution in [1.82, 2.24) is 24.3 Å². The second kappa shape index (κ2) is 9.44. The molecule has 9 nitrogen and oxygen atoms in total. The van der Waals surface area contributed by atoms with Crippen LogP contribution in [0.3, 0.4) is 0 Å². The molecule has 0 spiro atoms. The number of hydrogen-bond donors (Lipinski definition) is 1. The first kappa shape index (κ1) is 22.7. The van der Waals surface area contributed by atoms with E-state index in [4.69, 9.17) is 4.74 Å². The zero-order valence-electron chi connectivity index (χ0n) is 17.6. The lowest BCUT2D eigenvalue weighted by molar-refractivity contribution is 0.102. The molecular formula is C20H25ClFN7O2. The first-order chi connectivity index (χ1) is 14.4. The molecule has 1 saturated heterocycles. The number of carbonyl (C=O) groups is 1. The molecule has 1 fully saturated rings. The Bertz CT molecular complexity index is 1080. The highest BCUT2D eigenvalue weighted by Crippen LogP contribution is 2.22. The van der Waals surface area contributed by atoms with Gasteiger partial charge in [0.2, 0.25) is 11.8 Å². The van der Waals surface area contributed by atoms with Gasteiger partial charge in [0.1, 0.15) is 5.56 Å². The molecule has 1 aliphatic rings. The van der Waals surface area contributed by atoms with Gasteiger partial charge in [-0.2, -0.15) is 4.98 Å². The van der Waals surface area contributed by atoms with E-state index in [1.54, 1.807) is 19.3 Å². The standard InChI is InChI=1S/C20H24FN7O2.ClH/c1-4-30-19-15(10-22-20(25-19)27-7-5-26(3)6-8-27)18(29)24-14-9-16(21)17-23-13(2)11-28(17)12-14;/h9-12H,4-8H2,1-3H3,(H,24,29);1H. The van der Waals surface area contributed by atoms with Crippen molar-refractivity contribution in [2.45, 2.75) is 13.8 Å². The number of hydrogen-bond acceptors (Lipinski definition) is 7. The highest BCUT2D eigenvalue weighted by molar-refractivity contribution is 6.05. The number of nitrogens with zero attached hydrogens (tertiary/aromatic N) is 6. The number of carbonyl (C=O) groups excluding carboxylic acids is 1. The minimum atomic E-state index is -0.521. The van der Waals surface area contributed by atoms with Gasteiger partial charge in [0, 0.05) is 50.8 Å². The number of aromatic nitrogens is 4. The number of likely N-dealkylation sites (N-methyl/N-ethyl adjacent to an activating group) is 1. The van der Waals surface area contributed by atoms with Crippen molar-refractivity contribution in [3.63, 3.8) is 0 Å². The van der Waals surface area contributed by atoms with Crippen molar-refractivity contribution in [1.29, 1.82) is 0 Å². The molecule has 0 atom stereocenters. The first-order valence-corrected chi connectivity index (χ1v) is 9.84. The molecule has 0 bridgehead atoms. The van der Waals surface area contributed by atoms with Gasteiger partial charge in [-0.05, 0) is 20.9 Å². The van der Waals surface area contributed by atoms with E-state index < -0.39 is 11.7 Å². The molecule has 4 rings (SSSR count). The van der Waals surface area contributed by atoms with Gasteiger partial charge in [0.05, 0.1) is 18.0 Å². The summed E-state index contributed by atoms with van der Waals surface area (Å²) in [6, 6.07) is 1.24. The van der Waals surface area contributed by atoms with Gasteiger partial charge in [0.15, 0.2) is 11.5 Å². The Balaban J connectivity index is 0.00000272. The number of fused-ring (bicyclic) bond motifs is 1. The third-order valence-corrected chi connectivity index (χ3v) is 4.94. The molecule has 0 saturated carbocycles. The second-order valence-electron chi connectivity index (χ2n) is 7.26. The molecule has 1 N–H and O–H groups in total. The van der Waals surface area contributed by atoms with Crippen molar-refractivity contribution >= 4 is 35.6 Å². The summed E-state index contributed by atoms with van der Waals surface area (Å²) in [7, 11) is 2.07. The lowest BCUT2D eigenvalue weighted by Crippen LogP contribution is -2.45. The SMILES string of the molecule is CCOc1nc(N2CCN(C)CC2)ncc1C(=O)Nc1cc(F)c2nc(C)cn2c1.Cl. The molecule has 3 aromatic heterocycles. The van der Waals surface area contributed by atoms with Crippen LogP contribution in [0.2, 0.25) is 0 Å². The summed E-state index contributed by atoms with van der Waals surface area (Å²) in [5.41, 5.74) is 1.38. The summed E-state index contributed by atoms with van der Waals surface area (Å²) in [5.74, 6) is -0.255. The summed E-state index contributed by atoms with van der Waals surface area (Å²) < 4.78 is 21.5. The Labute approximate surface area is 185 Å². The third-order valence-electron chi connectivity index (χ3n) is 4.94.